The van der Waals surface area contributed by atoms with Crippen molar-refractivity contribution in [3.63, 3.8) is 0 Å². The average molecular weight is 581 g/mol. The molecule has 0 aliphatic carbocycles. The summed E-state index contributed by atoms with van der Waals surface area (Å²) in [6, 6.07) is 8.23. The van der Waals surface area contributed by atoms with Crippen molar-refractivity contribution in [2.75, 3.05) is 20.2 Å². The number of methoxy groups -OCH3 is 1. The number of benzene rings is 2. The number of carbonyl (C=O) groups excluding carboxylic acids is 4. The molecule has 226 valence electrons. The van der Waals surface area contributed by atoms with Gasteiger partial charge in [0, 0.05) is 50.8 Å². The zero-order chi connectivity index (χ0) is 30.6. The number of fused-ring (bicyclic) bond motifs is 1. The topological polar surface area (TPSA) is 151 Å². The highest BCUT2D eigenvalue weighted by atomic mass is 16.5. The number of phenols is 2. The number of allylic oxidation sites excluding steroid dienone is 1. The summed E-state index contributed by atoms with van der Waals surface area (Å²) >= 11 is 0. The standard InChI is InChI=1S/C32H40N2O8/c1-20-8-7-11-24(36)10-6-4-5-9-23-18-27(37)30(31(39)29(23)32(40)42-20)26(22-12-14-25(41-3)15-13-22)19-28(38)34-17-16-33-21(2)35/h5,9,12-15,18,20,26,37,39H,4,6-8,10-11,16-17,19H2,1-3H3,(H,33,35)(H,34,38)/b9-5+/t20-,26?/m0/s1. The molecule has 0 aromatic heterocycles. The van der Waals surface area contributed by atoms with Crippen molar-refractivity contribution in [1.29, 1.82) is 0 Å². The van der Waals surface area contributed by atoms with Crippen LogP contribution in [0.15, 0.2) is 36.4 Å². The normalized spacial score (nSPS) is 17.6. The molecule has 10 heteroatoms. The number of ether oxygens (including phenoxy) is 2. The van der Waals surface area contributed by atoms with E-state index in [1.165, 1.54) is 20.1 Å². The second-order valence-corrected chi connectivity index (χ2v) is 10.4. The van der Waals surface area contributed by atoms with E-state index in [0.29, 0.717) is 49.8 Å². The molecule has 2 aromatic carbocycles. The fourth-order valence-electron chi connectivity index (χ4n) is 4.94. The maximum Gasteiger partial charge on any atom is 0.342 e. The summed E-state index contributed by atoms with van der Waals surface area (Å²) in [7, 11) is 1.53. The molecule has 4 N–H and O–H groups in total. The maximum atomic E-state index is 13.4. The number of ketones is 1. The number of rotatable bonds is 8. The van der Waals surface area contributed by atoms with E-state index >= 15 is 0 Å². The molecule has 0 bridgehead atoms. The first kappa shape index (κ1) is 32.2. The van der Waals surface area contributed by atoms with Crippen molar-refractivity contribution >= 4 is 29.6 Å². The lowest BCUT2D eigenvalue weighted by Gasteiger charge is -2.23. The first-order valence-corrected chi connectivity index (χ1v) is 14.2. The van der Waals surface area contributed by atoms with Gasteiger partial charge in [-0.15, -0.1) is 0 Å². The van der Waals surface area contributed by atoms with E-state index in [1.807, 2.05) is 0 Å². The molecule has 1 unspecified atom stereocenters. The van der Waals surface area contributed by atoms with E-state index in [2.05, 4.69) is 10.6 Å². The van der Waals surface area contributed by atoms with Crippen molar-refractivity contribution in [3.8, 4) is 17.2 Å². The Morgan fingerprint density at radius 1 is 1.07 bits per heavy atom. The van der Waals surface area contributed by atoms with Gasteiger partial charge < -0.3 is 30.3 Å². The summed E-state index contributed by atoms with van der Waals surface area (Å²) in [5.41, 5.74) is 0.771. The Morgan fingerprint density at radius 2 is 1.76 bits per heavy atom. The highest BCUT2D eigenvalue weighted by Crippen LogP contribution is 2.44. The van der Waals surface area contributed by atoms with E-state index in [-0.39, 0.29) is 59.5 Å². The molecule has 10 nitrogen and oxygen atoms in total. The summed E-state index contributed by atoms with van der Waals surface area (Å²) in [5.74, 6) is -2.22. The molecule has 0 radical (unpaired) electrons. The van der Waals surface area contributed by atoms with E-state index in [0.717, 1.165) is 0 Å². The number of cyclic esters (lactones) is 1. The predicted molar refractivity (Wildman–Crippen MR) is 158 cm³/mol. The van der Waals surface area contributed by atoms with Gasteiger partial charge in [0.25, 0.3) is 0 Å². The highest BCUT2D eigenvalue weighted by Gasteiger charge is 2.31. The van der Waals surface area contributed by atoms with Crippen molar-refractivity contribution in [1.82, 2.24) is 10.6 Å². The number of phenolic OH excluding ortho intramolecular Hbond substituents is 2. The minimum atomic E-state index is -0.838. The lowest BCUT2D eigenvalue weighted by molar-refractivity contribution is -0.122. The zero-order valence-corrected chi connectivity index (χ0v) is 24.4. The minimum Gasteiger partial charge on any atom is -0.507 e. The van der Waals surface area contributed by atoms with Crippen LogP contribution >= 0.6 is 0 Å². The monoisotopic (exact) mass is 580 g/mol. The van der Waals surface area contributed by atoms with Gasteiger partial charge in [0.15, 0.2) is 0 Å². The van der Waals surface area contributed by atoms with Crippen LogP contribution in [-0.4, -0.2) is 60.1 Å². The van der Waals surface area contributed by atoms with Crippen LogP contribution in [0.4, 0.5) is 0 Å². The highest BCUT2D eigenvalue weighted by molar-refractivity contribution is 5.98. The van der Waals surface area contributed by atoms with Gasteiger partial charge in [-0.3, -0.25) is 14.4 Å². The number of esters is 1. The van der Waals surface area contributed by atoms with E-state index in [1.54, 1.807) is 43.3 Å². The molecule has 3 rings (SSSR count). The summed E-state index contributed by atoms with van der Waals surface area (Å²) in [4.78, 5) is 49.7. The number of hydrogen-bond acceptors (Lipinski definition) is 8. The summed E-state index contributed by atoms with van der Waals surface area (Å²) in [6.07, 6.45) is 5.91. The van der Waals surface area contributed by atoms with Gasteiger partial charge in [0.05, 0.1) is 13.2 Å². The first-order chi connectivity index (χ1) is 20.1. The second-order valence-electron chi connectivity index (χ2n) is 10.4. The van der Waals surface area contributed by atoms with Gasteiger partial charge in [-0.1, -0.05) is 24.3 Å². The van der Waals surface area contributed by atoms with Crippen LogP contribution < -0.4 is 15.4 Å². The fraction of sp³-hybridized carbons (Fsp3) is 0.438. The van der Waals surface area contributed by atoms with Gasteiger partial charge in [-0.05, 0) is 61.9 Å². The number of Topliss-reactive ketones (excluding diaryl/α,β-unsaturated/α-hetero) is 1. The van der Waals surface area contributed by atoms with E-state index in [9.17, 15) is 29.4 Å². The van der Waals surface area contributed by atoms with Gasteiger partial charge in [0.1, 0.15) is 28.6 Å². The number of nitrogens with one attached hydrogen (secondary N) is 2. The minimum absolute atomic E-state index is 0.0145. The molecular weight excluding hydrogens is 540 g/mol. The molecule has 0 spiro atoms. The summed E-state index contributed by atoms with van der Waals surface area (Å²) in [6.45, 7) is 3.55. The Labute approximate surface area is 246 Å². The largest absolute Gasteiger partial charge is 0.507 e. The van der Waals surface area contributed by atoms with Crippen molar-refractivity contribution in [2.24, 2.45) is 0 Å². The Kier molecular flexibility index (Phi) is 12.0. The van der Waals surface area contributed by atoms with E-state index in [4.69, 9.17) is 9.47 Å². The van der Waals surface area contributed by atoms with Crippen LogP contribution in [0.3, 0.4) is 0 Å². The maximum absolute atomic E-state index is 13.4. The van der Waals surface area contributed by atoms with Crippen molar-refractivity contribution in [3.05, 3.63) is 58.7 Å². The fourth-order valence-corrected chi connectivity index (χ4v) is 4.94. The molecule has 1 aliphatic rings. The molecule has 2 aromatic rings. The quantitative estimate of drug-likeness (QED) is 0.266. The third-order valence-corrected chi connectivity index (χ3v) is 7.13. The van der Waals surface area contributed by atoms with Crippen LogP contribution in [0.5, 0.6) is 17.2 Å². The average Bonchev–Trinajstić information content (AvgIpc) is 2.94. The van der Waals surface area contributed by atoms with Crippen LogP contribution in [0.2, 0.25) is 0 Å². The van der Waals surface area contributed by atoms with Crippen molar-refractivity contribution in [2.45, 2.75) is 70.8 Å². The number of carbonyl (C=O) groups is 4. The third kappa shape index (κ3) is 9.09. The number of hydrogen-bond donors (Lipinski definition) is 4. The van der Waals surface area contributed by atoms with Gasteiger partial charge in [-0.25, -0.2) is 4.79 Å². The van der Waals surface area contributed by atoms with E-state index < -0.39 is 23.7 Å². The third-order valence-electron chi connectivity index (χ3n) is 7.13. The number of aromatic hydroxyl groups is 2. The summed E-state index contributed by atoms with van der Waals surface area (Å²) in [5, 5.41) is 28.2. The lowest BCUT2D eigenvalue weighted by Crippen LogP contribution is -2.34. The molecule has 1 aliphatic heterocycles. The molecule has 2 atom stereocenters. The van der Waals surface area contributed by atoms with Gasteiger partial charge >= 0.3 is 5.97 Å². The zero-order valence-electron chi connectivity index (χ0n) is 24.4. The Hall–Kier alpha value is -4.34. The Bertz CT molecular complexity index is 1300. The molecule has 1 heterocycles. The SMILES string of the molecule is COc1ccc(C(CC(=O)NCCNC(C)=O)c2c(O)cc3c(c2O)C(=O)O[C@@H](C)CCCC(=O)CCC/C=C/3)cc1. The van der Waals surface area contributed by atoms with Crippen LogP contribution in [0.25, 0.3) is 6.08 Å². The Morgan fingerprint density at radius 3 is 2.45 bits per heavy atom. The van der Waals surface area contributed by atoms with Crippen LogP contribution in [0.1, 0.15) is 91.8 Å². The Balaban J connectivity index is 2.05. The molecule has 0 fully saturated rings. The first-order valence-electron chi connectivity index (χ1n) is 14.2. The second kappa shape index (κ2) is 15.6. The molecule has 0 saturated heterocycles. The van der Waals surface area contributed by atoms with Crippen molar-refractivity contribution < 1.29 is 38.9 Å². The van der Waals surface area contributed by atoms with Gasteiger partial charge in [0.2, 0.25) is 11.8 Å². The lowest BCUT2D eigenvalue weighted by atomic mass is 9.84. The molecule has 0 saturated carbocycles. The molecule has 42 heavy (non-hydrogen) atoms. The predicted octanol–water partition coefficient (Wildman–Crippen LogP) is 4.36. The molecule has 2 amide bonds. The van der Waals surface area contributed by atoms with Gasteiger partial charge in [-0.2, -0.15) is 0 Å². The smallest absolute Gasteiger partial charge is 0.342 e. The number of amides is 2. The van der Waals surface area contributed by atoms with Crippen LogP contribution in [0, 0.1) is 0 Å². The summed E-state index contributed by atoms with van der Waals surface area (Å²) < 4.78 is 10.9. The molecular formula is C32H40N2O8. The van der Waals surface area contributed by atoms with Crippen LogP contribution in [-0.2, 0) is 19.1 Å².